The smallest absolute Gasteiger partial charge is 0.290 e. The van der Waals surface area contributed by atoms with Crippen molar-refractivity contribution >= 4 is 63.0 Å². The Kier molecular flexibility index (Phi) is 27.9. The molecule has 0 spiro atoms. The van der Waals surface area contributed by atoms with Gasteiger partial charge < -0.3 is 15.0 Å². The minimum Gasteiger partial charge on any atom is -0.483 e. The highest BCUT2D eigenvalue weighted by Gasteiger charge is 2.27. The Morgan fingerprint density at radius 3 is 2.15 bits per heavy atom. The fraction of sp³-hybridized carbons (Fsp3) is 0.638. The third kappa shape index (κ3) is 20.4. The van der Waals surface area contributed by atoms with Crippen LogP contribution in [0.15, 0.2) is 73.4 Å². The van der Waals surface area contributed by atoms with Crippen LogP contribution >= 0.6 is 27.7 Å². The van der Waals surface area contributed by atoms with Crippen LogP contribution < -0.4 is 21.6 Å². The first kappa shape index (κ1) is 60.0. The van der Waals surface area contributed by atoms with Gasteiger partial charge in [0.15, 0.2) is 0 Å². The van der Waals surface area contributed by atoms with E-state index in [1.807, 2.05) is 12.1 Å². The number of fused-ring (bicyclic) bond motifs is 5. The van der Waals surface area contributed by atoms with Gasteiger partial charge >= 0.3 is 0 Å². The van der Waals surface area contributed by atoms with Crippen LogP contribution in [0.5, 0.6) is 0 Å². The lowest BCUT2D eigenvalue weighted by Gasteiger charge is -2.25. The first-order valence-corrected chi connectivity index (χ1v) is 27.9. The molecular formula is C58H93BrN4O3S. The molecule has 2 heterocycles. The van der Waals surface area contributed by atoms with E-state index in [0.717, 1.165) is 34.7 Å². The zero-order valence-corrected chi connectivity index (χ0v) is 47.0. The van der Waals surface area contributed by atoms with E-state index in [1.54, 1.807) is 11.8 Å². The van der Waals surface area contributed by atoms with E-state index in [4.69, 9.17) is 9.90 Å². The number of carboxylic acid groups (broad SMARTS) is 1. The topological polar surface area (TPSA) is 88.6 Å². The van der Waals surface area contributed by atoms with Gasteiger partial charge in [-0.1, -0.05) is 159 Å². The average Bonchev–Trinajstić information content (AvgIpc) is 3.92. The monoisotopic (exact) mass is 1000 g/mol. The molecule has 0 radical (unpaired) electrons. The predicted molar refractivity (Wildman–Crippen MR) is 299 cm³/mol. The van der Waals surface area contributed by atoms with Crippen LogP contribution in [0.3, 0.4) is 0 Å². The van der Waals surface area contributed by atoms with Gasteiger partial charge in [-0.25, -0.2) is 0 Å². The summed E-state index contributed by atoms with van der Waals surface area (Å²) in [5.41, 5.74) is 7.46. The molecule has 1 saturated carbocycles. The summed E-state index contributed by atoms with van der Waals surface area (Å²) < 4.78 is 5.51. The van der Waals surface area contributed by atoms with Crippen LogP contribution in [0.4, 0.5) is 0 Å². The summed E-state index contributed by atoms with van der Waals surface area (Å²) in [7, 11) is 0. The number of rotatable bonds is 16. The molecule has 9 heteroatoms. The number of carbonyl (C=O) groups is 1. The molecule has 1 aromatic carbocycles. The Labute approximate surface area is 420 Å². The SMILES string of the molecule is CC(C)=CC1=CC=C(CNC(C)(C)C)CC1.CCC(C)=CSC.CCCC(C)(C)CC.CCCCCC(CCC)C1C=c2c(n3c4cccc(Br)c4c(=O)nc3n2C2CCCC2)=CC1.O=CO. The molecule has 7 nitrogen and oxygen atoms in total. The molecule has 2 N–H and O–H groups in total. The number of nitrogens with one attached hydrogen (secondary N) is 1. The molecule has 6 rings (SSSR count). The van der Waals surface area contributed by atoms with Gasteiger partial charge in [0.05, 0.1) is 21.6 Å². The lowest BCUT2D eigenvalue weighted by molar-refractivity contribution is -0.122. The number of benzene rings is 1. The molecule has 2 unspecified atom stereocenters. The molecule has 0 amide bonds. The van der Waals surface area contributed by atoms with E-state index in [9.17, 15) is 4.79 Å². The zero-order valence-electron chi connectivity index (χ0n) is 44.6. The summed E-state index contributed by atoms with van der Waals surface area (Å²) in [5, 5.41) is 15.8. The Bertz CT molecular complexity index is 2260. The van der Waals surface area contributed by atoms with E-state index >= 15 is 0 Å². The van der Waals surface area contributed by atoms with Gasteiger partial charge in [0.2, 0.25) is 5.78 Å². The first-order valence-electron chi connectivity index (χ1n) is 25.8. The summed E-state index contributed by atoms with van der Waals surface area (Å²) in [6, 6.07) is 6.47. The first-order chi connectivity index (χ1) is 31.8. The number of hydrogen-bond donors (Lipinski definition) is 2. The molecule has 376 valence electrons. The molecule has 2 atom stereocenters. The van der Waals surface area contributed by atoms with Crippen molar-refractivity contribution in [2.75, 3.05) is 12.8 Å². The maximum absolute atomic E-state index is 13.1. The fourth-order valence-electron chi connectivity index (χ4n) is 9.14. The van der Waals surface area contributed by atoms with Crippen LogP contribution in [0.25, 0.3) is 28.8 Å². The second-order valence-corrected chi connectivity index (χ2v) is 22.5. The lowest BCUT2D eigenvalue weighted by atomic mass is 9.81. The lowest BCUT2D eigenvalue weighted by Crippen LogP contribution is -2.37. The predicted octanol–water partition coefficient (Wildman–Crippen LogP) is 15.7. The highest BCUT2D eigenvalue weighted by atomic mass is 79.9. The number of aromatic nitrogens is 3. The fourth-order valence-corrected chi connectivity index (χ4v) is 10.2. The normalized spacial score (nSPS) is 16.5. The van der Waals surface area contributed by atoms with Crippen molar-refractivity contribution < 1.29 is 9.90 Å². The van der Waals surface area contributed by atoms with Crippen molar-refractivity contribution in [3.8, 4) is 0 Å². The van der Waals surface area contributed by atoms with Crippen molar-refractivity contribution in [3.05, 3.63) is 89.7 Å². The highest BCUT2D eigenvalue weighted by Crippen LogP contribution is 2.33. The third-order valence-electron chi connectivity index (χ3n) is 13.3. The van der Waals surface area contributed by atoms with E-state index in [1.165, 1.54) is 136 Å². The van der Waals surface area contributed by atoms with Gasteiger partial charge in [-0.15, -0.1) is 11.8 Å². The Balaban J connectivity index is 0.000000374. The van der Waals surface area contributed by atoms with Crippen molar-refractivity contribution in [1.29, 1.82) is 0 Å². The number of hydrogen-bond acceptors (Lipinski definition) is 5. The molecule has 0 aliphatic heterocycles. The second-order valence-electron chi connectivity index (χ2n) is 20.9. The summed E-state index contributed by atoms with van der Waals surface area (Å²) in [5.74, 6) is 2.14. The summed E-state index contributed by atoms with van der Waals surface area (Å²) in [4.78, 5) is 26.2. The van der Waals surface area contributed by atoms with Crippen LogP contribution in [0.2, 0.25) is 0 Å². The van der Waals surface area contributed by atoms with Gasteiger partial charge in [-0.2, -0.15) is 4.98 Å². The van der Waals surface area contributed by atoms with E-state index in [2.05, 4.69) is 173 Å². The molecule has 2 aromatic heterocycles. The summed E-state index contributed by atoms with van der Waals surface area (Å²) >= 11 is 5.37. The van der Waals surface area contributed by atoms with Gasteiger partial charge in [0.25, 0.3) is 12.0 Å². The number of imidazole rings is 1. The number of halogens is 1. The zero-order chi connectivity index (χ0) is 50.2. The Morgan fingerprint density at radius 1 is 0.955 bits per heavy atom. The summed E-state index contributed by atoms with van der Waals surface area (Å²) in [6.45, 7) is 29.8. The molecular weight excluding hydrogens is 913 g/mol. The second kappa shape index (κ2) is 31.2. The van der Waals surface area contributed by atoms with Crippen LogP contribution in [-0.4, -0.2) is 43.9 Å². The quantitative estimate of drug-likeness (QED) is 0.110. The van der Waals surface area contributed by atoms with Crippen molar-refractivity contribution in [1.82, 2.24) is 19.3 Å². The number of allylic oxidation sites excluding steroid dienone is 6. The minimum atomic E-state index is -0.250. The van der Waals surface area contributed by atoms with E-state index in [-0.39, 0.29) is 17.6 Å². The Hall–Kier alpha value is -3.14. The third-order valence-corrected chi connectivity index (χ3v) is 14.6. The van der Waals surface area contributed by atoms with Crippen LogP contribution in [-0.2, 0) is 4.79 Å². The number of thioether (sulfide) groups is 1. The molecule has 1 fully saturated rings. The molecule has 3 aliphatic rings. The van der Waals surface area contributed by atoms with Crippen molar-refractivity contribution in [2.24, 2.45) is 17.3 Å². The van der Waals surface area contributed by atoms with Crippen LogP contribution in [0.1, 0.15) is 205 Å². The molecule has 3 aromatic rings. The van der Waals surface area contributed by atoms with E-state index in [0.29, 0.717) is 22.8 Å². The van der Waals surface area contributed by atoms with Crippen molar-refractivity contribution in [2.45, 2.75) is 211 Å². The van der Waals surface area contributed by atoms with Crippen LogP contribution in [0, 0.1) is 17.3 Å². The van der Waals surface area contributed by atoms with Gasteiger partial charge in [0, 0.05) is 22.6 Å². The maximum Gasteiger partial charge on any atom is 0.290 e. The highest BCUT2D eigenvalue weighted by molar-refractivity contribution is 9.10. The van der Waals surface area contributed by atoms with Gasteiger partial charge in [0.1, 0.15) is 0 Å². The van der Waals surface area contributed by atoms with E-state index < -0.39 is 0 Å². The maximum atomic E-state index is 13.1. The standard InChI is InChI=1S/C28H36BrN3O.C15H25N.C8H18.C6H12S.CH2O2/c1-3-5-6-11-19(10-4-2)20-16-17-23-25(18-20)31(21-12-7-8-13-21)28-30-27(33)26-22(29)14-9-15-24(26)32(23)28;1-12(2)10-13-6-8-14(9-7-13)11-16-15(3,4)5;1-5-7-8(3,4)6-2;1-4-6(2)5-7-3;2-1-3/h9,14-15,17-21H,3-8,10-13,16H2,1-2H3;6,8,10,16H,7,9,11H2,1-5H3;5-7H2,1-4H3;5H,4H2,1-3H3;1H,(H,2,3). The largest absolute Gasteiger partial charge is 0.483 e. The number of nitrogens with zero attached hydrogens (tertiary/aromatic N) is 3. The van der Waals surface area contributed by atoms with Gasteiger partial charge in [-0.3, -0.25) is 14.0 Å². The Morgan fingerprint density at radius 2 is 1.64 bits per heavy atom. The number of unbranched alkanes of at least 4 members (excludes halogenated alkanes) is 2. The van der Waals surface area contributed by atoms with Gasteiger partial charge in [-0.05, 0) is 155 Å². The minimum absolute atomic E-state index is 0.133. The molecule has 0 bridgehead atoms. The molecule has 0 saturated heterocycles. The molecule has 67 heavy (non-hydrogen) atoms. The van der Waals surface area contributed by atoms with Crippen molar-refractivity contribution in [3.63, 3.8) is 0 Å². The summed E-state index contributed by atoms with van der Waals surface area (Å²) in [6.07, 6.45) is 35.2. The molecule has 3 aliphatic carbocycles. The average molecular weight is 1010 g/mol.